The molecule has 0 saturated carbocycles. The Labute approximate surface area is 160 Å². The molecule has 1 aliphatic heterocycles. The quantitative estimate of drug-likeness (QED) is 0.663. The molecule has 27 heavy (non-hydrogen) atoms. The lowest BCUT2D eigenvalue weighted by atomic mass is 9.97. The summed E-state index contributed by atoms with van der Waals surface area (Å²) in [5.74, 6) is 0.357. The highest BCUT2D eigenvalue weighted by molar-refractivity contribution is 7.91. The topological polar surface area (TPSA) is 50.3 Å². The van der Waals surface area contributed by atoms with Gasteiger partial charge in [-0.2, -0.15) is 0 Å². The number of fused-ring (bicyclic) bond motifs is 1. The molecule has 0 radical (unpaired) electrons. The van der Waals surface area contributed by atoms with Gasteiger partial charge in [0.2, 0.25) is 9.84 Å². The number of hydrogen-bond acceptors (Lipinski definition) is 4. The summed E-state index contributed by atoms with van der Waals surface area (Å²) < 4.78 is 25.8. The zero-order valence-corrected chi connectivity index (χ0v) is 16.3. The van der Waals surface area contributed by atoms with E-state index in [2.05, 4.69) is 22.9 Å². The van der Waals surface area contributed by atoms with Gasteiger partial charge in [0.05, 0.1) is 15.3 Å². The highest BCUT2D eigenvalue weighted by atomic mass is 32.2. The number of nitrogens with zero attached hydrogens (tertiary/aromatic N) is 2. The van der Waals surface area contributed by atoms with Crippen molar-refractivity contribution in [2.24, 2.45) is 0 Å². The predicted molar refractivity (Wildman–Crippen MR) is 108 cm³/mol. The highest BCUT2D eigenvalue weighted by Crippen LogP contribution is 2.29. The van der Waals surface area contributed by atoms with Crippen LogP contribution < -0.4 is 0 Å². The Morgan fingerprint density at radius 2 is 1.74 bits per heavy atom. The molecule has 1 atom stereocenters. The lowest BCUT2D eigenvalue weighted by Gasteiger charge is -2.21. The SMILES string of the molecule is CC(CN1CCCC1)c1cccc2cc(S(=O)(=O)c3ccccc3)cnc12. The molecular formula is C22H24N2O2S. The third-order valence-electron chi connectivity index (χ3n) is 5.34. The van der Waals surface area contributed by atoms with Gasteiger partial charge in [-0.15, -0.1) is 0 Å². The third-order valence-corrected chi connectivity index (χ3v) is 7.08. The standard InChI is InChI=1S/C22H24N2O2S/c1-17(16-24-12-5-6-13-24)21-11-7-8-18-14-20(15-23-22(18)21)27(25,26)19-9-3-2-4-10-19/h2-4,7-11,14-15,17H,5-6,12-13,16H2,1H3. The van der Waals surface area contributed by atoms with Crippen molar-refractivity contribution in [3.8, 4) is 0 Å². The fraction of sp³-hybridized carbons (Fsp3) is 0.318. The van der Waals surface area contributed by atoms with Crippen LogP contribution in [-0.4, -0.2) is 37.9 Å². The van der Waals surface area contributed by atoms with E-state index in [4.69, 9.17) is 0 Å². The van der Waals surface area contributed by atoms with Crippen molar-refractivity contribution in [2.75, 3.05) is 19.6 Å². The first-order valence-corrected chi connectivity index (χ1v) is 11.0. The van der Waals surface area contributed by atoms with E-state index >= 15 is 0 Å². The number of hydrogen-bond donors (Lipinski definition) is 0. The summed E-state index contributed by atoms with van der Waals surface area (Å²) in [7, 11) is -3.55. The summed E-state index contributed by atoms with van der Waals surface area (Å²) in [5.41, 5.74) is 2.08. The van der Waals surface area contributed by atoms with Gasteiger partial charge in [-0.25, -0.2) is 8.42 Å². The average molecular weight is 381 g/mol. The third kappa shape index (κ3) is 3.62. The molecule has 1 aromatic heterocycles. The lowest BCUT2D eigenvalue weighted by molar-refractivity contribution is 0.321. The maximum Gasteiger partial charge on any atom is 0.208 e. The van der Waals surface area contributed by atoms with E-state index in [9.17, 15) is 8.42 Å². The molecule has 4 rings (SSSR count). The van der Waals surface area contributed by atoms with E-state index in [-0.39, 0.29) is 4.90 Å². The van der Waals surface area contributed by atoms with Crippen LogP contribution in [0.4, 0.5) is 0 Å². The first-order valence-electron chi connectivity index (χ1n) is 9.47. The minimum Gasteiger partial charge on any atom is -0.303 e. The van der Waals surface area contributed by atoms with Crippen molar-refractivity contribution in [1.29, 1.82) is 0 Å². The molecule has 140 valence electrons. The molecule has 1 aliphatic rings. The highest BCUT2D eigenvalue weighted by Gasteiger charge is 2.21. The molecule has 1 saturated heterocycles. The predicted octanol–water partition coefficient (Wildman–Crippen LogP) is 4.27. The van der Waals surface area contributed by atoms with Crippen LogP contribution in [0.15, 0.2) is 70.6 Å². The van der Waals surface area contributed by atoms with Gasteiger partial charge >= 0.3 is 0 Å². The summed E-state index contributed by atoms with van der Waals surface area (Å²) >= 11 is 0. The van der Waals surface area contributed by atoms with Gasteiger partial charge in [-0.05, 0) is 55.6 Å². The van der Waals surface area contributed by atoms with E-state index in [0.29, 0.717) is 10.8 Å². The number of sulfone groups is 1. The maximum atomic E-state index is 12.9. The van der Waals surface area contributed by atoms with Gasteiger partial charge in [0, 0.05) is 18.1 Å². The van der Waals surface area contributed by atoms with Crippen LogP contribution >= 0.6 is 0 Å². The van der Waals surface area contributed by atoms with Crippen LogP contribution in [0.1, 0.15) is 31.2 Å². The molecular weight excluding hydrogens is 356 g/mol. The van der Waals surface area contributed by atoms with Gasteiger partial charge in [-0.1, -0.05) is 43.3 Å². The summed E-state index contributed by atoms with van der Waals surface area (Å²) in [4.78, 5) is 7.61. The monoisotopic (exact) mass is 380 g/mol. The molecule has 1 unspecified atom stereocenters. The largest absolute Gasteiger partial charge is 0.303 e. The van der Waals surface area contributed by atoms with Crippen LogP contribution in [0.25, 0.3) is 10.9 Å². The van der Waals surface area contributed by atoms with Crippen LogP contribution in [0.3, 0.4) is 0 Å². The van der Waals surface area contributed by atoms with Crippen molar-refractivity contribution >= 4 is 20.7 Å². The lowest BCUT2D eigenvalue weighted by Crippen LogP contribution is -2.24. The molecule has 2 heterocycles. The van der Waals surface area contributed by atoms with Crippen molar-refractivity contribution < 1.29 is 8.42 Å². The van der Waals surface area contributed by atoms with Gasteiger partial charge < -0.3 is 4.90 Å². The van der Waals surface area contributed by atoms with Crippen molar-refractivity contribution in [1.82, 2.24) is 9.88 Å². The van der Waals surface area contributed by atoms with Gasteiger partial charge in [0.25, 0.3) is 0 Å². The van der Waals surface area contributed by atoms with Crippen molar-refractivity contribution in [3.05, 3.63) is 66.4 Å². The zero-order chi connectivity index (χ0) is 18.9. The Kier molecular flexibility index (Phi) is 4.98. The first-order chi connectivity index (χ1) is 13.1. The maximum absolute atomic E-state index is 12.9. The van der Waals surface area contributed by atoms with Crippen LogP contribution in [0.5, 0.6) is 0 Å². The molecule has 1 fully saturated rings. The van der Waals surface area contributed by atoms with E-state index in [0.717, 1.165) is 17.4 Å². The van der Waals surface area contributed by atoms with Gasteiger partial charge in [0.1, 0.15) is 0 Å². The van der Waals surface area contributed by atoms with E-state index < -0.39 is 9.84 Å². The first kappa shape index (κ1) is 18.1. The minimum absolute atomic E-state index is 0.241. The van der Waals surface area contributed by atoms with Gasteiger partial charge in [0.15, 0.2) is 0 Å². The molecule has 4 nitrogen and oxygen atoms in total. The number of likely N-dealkylation sites (tertiary alicyclic amines) is 1. The average Bonchev–Trinajstić information content (AvgIpc) is 3.20. The zero-order valence-electron chi connectivity index (χ0n) is 15.5. The molecule has 0 amide bonds. The number of aromatic nitrogens is 1. The van der Waals surface area contributed by atoms with E-state index in [1.807, 2.05) is 18.2 Å². The van der Waals surface area contributed by atoms with Crippen molar-refractivity contribution in [2.45, 2.75) is 35.5 Å². The number of benzene rings is 2. The Morgan fingerprint density at radius 3 is 2.48 bits per heavy atom. The molecule has 5 heteroatoms. The minimum atomic E-state index is -3.55. The molecule has 0 spiro atoms. The fourth-order valence-corrected chi connectivity index (χ4v) is 5.16. The summed E-state index contributed by atoms with van der Waals surface area (Å²) in [5, 5.41) is 0.873. The van der Waals surface area contributed by atoms with Crippen LogP contribution in [0, 0.1) is 0 Å². The fourth-order valence-electron chi connectivity index (χ4n) is 3.90. The van der Waals surface area contributed by atoms with E-state index in [1.54, 1.807) is 30.3 Å². The molecule has 2 aromatic carbocycles. The second-order valence-electron chi connectivity index (χ2n) is 7.32. The Bertz CT molecular complexity index is 1040. The Balaban J connectivity index is 1.70. The summed E-state index contributed by atoms with van der Waals surface area (Å²) in [6.07, 6.45) is 4.05. The molecule has 0 bridgehead atoms. The smallest absolute Gasteiger partial charge is 0.208 e. The summed E-state index contributed by atoms with van der Waals surface area (Å²) in [6, 6.07) is 16.3. The van der Waals surface area contributed by atoms with Crippen LogP contribution in [0.2, 0.25) is 0 Å². The molecule has 0 aliphatic carbocycles. The van der Waals surface area contributed by atoms with Crippen LogP contribution in [-0.2, 0) is 9.84 Å². The number of rotatable bonds is 5. The van der Waals surface area contributed by atoms with Crippen molar-refractivity contribution in [3.63, 3.8) is 0 Å². The van der Waals surface area contributed by atoms with Gasteiger partial charge in [-0.3, -0.25) is 4.98 Å². The van der Waals surface area contributed by atoms with E-state index in [1.165, 1.54) is 37.7 Å². The summed E-state index contributed by atoms with van der Waals surface area (Å²) in [6.45, 7) is 5.58. The molecule has 3 aromatic rings. The second-order valence-corrected chi connectivity index (χ2v) is 9.26. The number of pyridine rings is 1. The Morgan fingerprint density at radius 1 is 1.00 bits per heavy atom. The second kappa shape index (κ2) is 7.41. The number of para-hydroxylation sites is 1. The molecule has 0 N–H and O–H groups in total. The Hall–Kier alpha value is -2.24. The normalized spacial score (nSPS) is 16.6.